The SMILES string of the molecule is Cc1cc2c(C=Cc3ccc([N+](=O)[O-])cc3)nc(-c3ccccc3)nc2o1. The summed E-state index contributed by atoms with van der Waals surface area (Å²) in [5.41, 5.74) is 3.07. The van der Waals surface area contributed by atoms with Crippen molar-refractivity contribution in [3.63, 3.8) is 0 Å². The lowest BCUT2D eigenvalue weighted by Crippen LogP contribution is -1.92. The zero-order valence-corrected chi connectivity index (χ0v) is 14.5. The molecule has 132 valence electrons. The van der Waals surface area contributed by atoms with Gasteiger partial charge in [0.2, 0.25) is 5.71 Å². The van der Waals surface area contributed by atoms with E-state index in [9.17, 15) is 10.1 Å². The van der Waals surface area contributed by atoms with Gasteiger partial charge in [-0.1, -0.05) is 36.4 Å². The maximum Gasteiger partial charge on any atom is 0.269 e. The Balaban J connectivity index is 1.76. The molecule has 0 unspecified atom stereocenters. The Morgan fingerprint density at radius 1 is 1.00 bits per heavy atom. The van der Waals surface area contributed by atoms with Crippen LogP contribution in [0.4, 0.5) is 5.69 Å². The summed E-state index contributed by atoms with van der Waals surface area (Å²) < 4.78 is 5.70. The molecule has 2 aromatic carbocycles. The number of non-ortho nitro benzene ring substituents is 1. The molecule has 0 spiro atoms. The molecule has 0 radical (unpaired) electrons. The second kappa shape index (κ2) is 6.84. The fraction of sp³-hybridized carbons (Fsp3) is 0.0476. The van der Waals surface area contributed by atoms with Crippen LogP contribution in [-0.2, 0) is 0 Å². The third-order valence-electron chi connectivity index (χ3n) is 4.11. The first-order chi connectivity index (χ1) is 13.1. The number of furan rings is 1. The fourth-order valence-electron chi connectivity index (χ4n) is 2.79. The maximum absolute atomic E-state index is 10.8. The first kappa shape index (κ1) is 16.7. The van der Waals surface area contributed by atoms with Gasteiger partial charge in [0.1, 0.15) is 5.76 Å². The zero-order valence-electron chi connectivity index (χ0n) is 14.5. The van der Waals surface area contributed by atoms with Gasteiger partial charge in [-0.25, -0.2) is 4.98 Å². The van der Waals surface area contributed by atoms with Crippen LogP contribution in [0.15, 0.2) is 65.1 Å². The molecule has 0 N–H and O–H groups in total. The van der Waals surface area contributed by atoms with Crippen molar-refractivity contribution in [3.05, 3.63) is 87.8 Å². The second-order valence-electron chi connectivity index (χ2n) is 6.06. The topological polar surface area (TPSA) is 82.1 Å². The van der Waals surface area contributed by atoms with E-state index in [1.165, 1.54) is 12.1 Å². The number of rotatable bonds is 4. The first-order valence-corrected chi connectivity index (χ1v) is 8.36. The Bertz CT molecular complexity index is 1150. The molecular weight excluding hydrogens is 342 g/mol. The number of aryl methyl sites for hydroxylation is 1. The summed E-state index contributed by atoms with van der Waals surface area (Å²) in [7, 11) is 0. The lowest BCUT2D eigenvalue weighted by Gasteiger charge is -2.02. The molecule has 2 aromatic heterocycles. The quantitative estimate of drug-likeness (QED) is 0.367. The maximum atomic E-state index is 10.8. The van der Waals surface area contributed by atoms with E-state index in [1.807, 2.05) is 55.5 Å². The summed E-state index contributed by atoms with van der Waals surface area (Å²) >= 11 is 0. The number of benzene rings is 2. The lowest BCUT2D eigenvalue weighted by molar-refractivity contribution is -0.384. The number of hydrogen-bond acceptors (Lipinski definition) is 5. The van der Waals surface area contributed by atoms with Crippen molar-refractivity contribution in [2.45, 2.75) is 6.92 Å². The summed E-state index contributed by atoms with van der Waals surface area (Å²) in [4.78, 5) is 19.6. The molecule has 0 aliphatic carbocycles. The van der Waals surface area contributed by atoms with Gasteiger partial charge in [0, 0.05) is 17.7 Å². The van der Waals surface area contributed by atoms with Crippen LogP contribution in [0.2, 0.25) is 0 Å². The van der Waals surface area contributed by atoms with Gasteiger partial charge in [0.25, 0.3) is 5.69 Å². The minimum Gasteiger partial charge on any atom is -0.443 e. The highest BCUT2D eigenvalue weighted by Gasteiger charge is 2.11. The van der Waals surface area contributed by atoms with Crippen molar-refractivity contribution in [2.75, 3.05) is 0 Å². The Morgan fingerprint density at radius 2 is 1.74 bits per heavy atom. The molecule has 0 saturated carbocycles. The highest BCUT2D eigenvalue weighted by Crippen LogP contribution is 2.26. The van der Waals surface area contributed by atoms with Gasteiger partial charge < -0.3 is 4.42 Å². The van der Waals surface area contributed by atoms with E-state index in [2.05, 4.69) is 9.97 Å². The average Bonchev–Trinajstić information content (AvgIpc) is 3.07. The molecule has 0 aliphatic rings. The van der Waals surface area contributed by atoms with Crippen molar-refractivity contribution in [1.29, 1.82) is 0 Å². The average molecular weight is 357 g/mol. The van der Waals surface area contributed by atoms with Crippen LogP contribution in [0.5, 0.6) is 0 Å². The van der Waals surface area contributed by atoms with Crippen LogP contribution in [0.3, 0.4) is 0 Å². The fourth-order valence-corrected chi connectivity index (χ4v) is 2.79. The van der Waals surface area contributed by atoms with Crippen LogP contribution in [-0.4, -0.2) is 14.9 Å². The van der Waals surface area contributed by atoms with Crippen LogP contribution in [0.1, 0.15) is 17.0 Å². The van der Waals surface area contributed by atoms with Gasteiger partial charge >= 0.3 is 0 Å². The number of fused-ring (bicyclic) bond motifs is 1. The Kier molecular flexibility index (Phi) is 4.22. The first-order valence-electron chi connectivity index (χ1n) is 8.36. The highest BCUT2D eigenvalue weighted by molar-refractivity contribution is 5.88. The largest absolute Gasteiger partial charge is 0.443 e. The van der Waals surface area contributed by atoms with E-state index >= 15 is 0 Å². The van der Waals surface area contributed by atoms with Gasteiger partial charge in [0.05, 0.1) is 16.0 Å². The van der Waals surface area contributed by atoms with Gasteiger partial charge in [-0.2, -0.15) is 4.98 Å². The number of aromatic nitrogens is 2. The van der Waals surface area contributed by atoms with Gasteiger partial charge in [0.15, 0.2) is 5.82 Å². The summed E-state index contributed by atoms with van der Waals surface area (Å²) in [6, 6.07) is 18.0. The van der Waals surface area contributed by atoms with Crippen molar-refractivity contribution in [3.8, 4) is 11.4 Å². The Hall–Kier alpha value is -3.80. The van der Waals surface area contributed by atoms with Crippen molar-refractivity contribution >= 4 is 28.9 Å². The number of nitro groups is 1. The van der Waals surface area contributed by atoms with Gasteiger partial charge in [-0.15, -0.1) is 0 Å². The van der Waals surface area contributed by atoms with Crippen LogP contribution >= 0.6 is 0 Å². The van der Waals surface area contributed by atoms with Crippen molar-refractivity contribution < 1.29 is 9.34 Å². The molecule has 2 heterocycles. The second-order valence-corrected chi connectivity index (χ2v) is 6.06. The summed E-state index contributed by atoms with van der Waals surface area (Å²) in [5.74, 6) is 1.34. The molecule has 6 nitrogen and oxygen atoms in total. The molecule has 6 heteroatoms. The third kappa shape index (κ3) is 3.46. The summed E-state index contributed by atoms with van der Waals surface area (Å²) in [6.45, 7) is 1.87. The molecule has 0 aliphatic heterocycles. The van der Waals surface area contributed by atoms with E-state index in [-0.39, 0.29) is 5.69 Å². The molecular formula is C21H15N3O3. The molecule has 0 saturated heterocycles. The van der Waals surface area contributed by atoms with Crippen LogP contribution < -0.4 is 0 Å². The molecule has 0 bridgehead atoms. The Morgan fingerprint density at radius 3 is 2.44 bits per heavy atom. The normalized spacial score (nSPS) is 11.3. The number of nitro benzene ring substituents is 1. The molecule has 4 aromatic rings. The van der Waals surface area contributed by atoms with Crippen molar-refractivity contribution in [2.24, 2.45) is 0 Å². The monoisotopic (exact) mass is 357 g/mol. The van der Waals surface area contributed by atoms with E-state index in [4.69, 9.17) is 4.42 Å². The number of nitrogens with zero attached hydrogens (tertiary/aromatic N) is 3. The highest BCUT2D eigenvalue weighted by atomic mass is 16.6. The predicted molar refractivity (Wildman–Crippen MR) is 104 cm³/mol. The number of hydrogen-bond donors (Lipinski definition) is 0. The summed E-state index contributed by atoms with van der Waals surface area (Å²) in [6.07, 6.45) is 3.73. The van der Waals surface area contributed by atoms with Crippen LogP contribution in [0.25, 0.3) is 34.6 Å². The van der Waals surface area contributed by atoms with E-state index in [0.29, 0.717) is 11.5 Å². The van der Waals surface area contributed by atoms with Gasteiger partial charge in [-0.05, 0) is 36.8 Å². The van der Waals surface area contributed by atoms with Gasteiger partial charge in [-0.3, -0.25) is 10.1 Å². The Labute approximate surface area is 155 Å². The predicted octanol–water partition coefficient (Wildman–Crippen LogP) is 5.28. The zero-order chi connectivity index (χ0) is 18.8. The molecule has 0 amide bonds. The summed E-state index contributed by atoms with van der Waals surface area (Å²) in [5, 5.41) is 11.6. The molecule has 0 atom stereocenters. The van der Waals surface area contributed by atoms with E-state index in [0.717, 1.165) is 28.0 Å². The molecule has 27 heavy (non-hydrogen) atoms. The van der Waals surface area contributed by atoms with Crippen LogP contribution in [0, 0.1) is 17.0 Å². The molecule has 4 rings (SSSR count). The minimum absolute atomic E-state index is 0.0633. The van der Waals surface area contributed by atoms with Crippen molar-refractivity contribution in [1.82, 2.24) is 9.97 Å². The standard InChI is InChI=1S/C21H15N3O3/c1-14-13-18-19(12-9-15-7-10-17(11-8-15)24(25)26)22-20(23-21(18)27-14)16-5-3-2-4-6-16/h2-13H,1H3. The third-order valence-corrected chi connectivity index (χ3v) is 4.11. The van der Waals surface area contributed by atoms with E-state index in [1.54, 1.807) is 12.1 Å². The lowest BCUT2D eigenvalue weighted by atomic mass is 10.1. The molecule has 0 fully saturated rings. The van der Waals surface area contributed by atoms with E-state index < -0.39 is 4.92 Å². The smallest absolute Gasteiger partial charge is 0.269 e. The minimum atomic E-state index is -0.415.